The first kappa shape index (κ1) is 23.0. The molecule has 1 saturated heterocycles. The molecule has 0 aliphatic carbocycles. The molecular weight excluding hydrogens is 396 g/mol. The summed E-state index contributed by atoms with van der Waals surface area (Å²) in [4.78, 5) is 38.0. The van der Waals surface area contributed by atoms with Crippen LogP contribution in [0, 0.1) is 15.5 Å². The monoisotopic (exact) mass is 424 g/mol. The molecule has 1 aliphatic heterocycles. The van der Waals surface area contributed by atoms with Crippen molar-refractivity contribution in [2.45, 2.75) is 69.8 Å². The fraction of sp³-hybridized carbons (Fsp3) is 0.600. The normalized spacial score (nSPS) is 22.0. The minimum atomic E-state index is -1.29. The first-order chi connectivity index (χ1) is 13.3. The third-order valence-corrected chi connectivity index (χ3v) is 5.86. The number of amides is 1. The zero-order valence-corrected chi connectivity index (χ0v) is 18.4. The van der Waals surface area contributed by atoms with Crippen LogP contribution in [0.1, 0.15) is 59.6 Å². The summed E-state index contributed by atoms with van der Waals surface area (Å²) in [5.74, 6) is -1.06. The predicted molar refractivity (Wildman–Crippen MR) is 110 cm³/mol. The fourth-order valence-electron chi connectivity index (χ4n) is 3.44. The Morgan fingerprint density at radius 3 is 2.48 bits per heavy atom. The number of rotatable bonds is 5. The molecule has 1 N–H and O–H groups in total. The summed E-state index contributed by atoms with van der Waals surface area (Å²) >= 11 is 1.48. The van der Waals surface area contributed by atoms with Gasteiger partial charge in [0.2, 0.25) is 0 Å². The van der Waals surface area contributed by atoms with Crippen LogP contribution in [0.4, 0.5) is 10.5 Å². The van der Waals surface area contributed by atoms with Crippen molar-refractivity contribution in [3.8, 4) is 0 Å². The molecule has 29 heavy (non-hydrogen) atoms. The molecule has 1 aliphatic rings. The third-order valence-electron chi connectivity index (χ3n) is 4.77. The Morgan fingerprint density at radius 1 is 1.38 bits per heavy atom. The van der Waals surface area contributed by atoms with Crippen LogP contribution in [-0.2, 0) is 9.53 Å². The lowest BCUT2D eigenvalue weighted by atomic mass is 9.79. The molecule has 1 aromatic rings. The third kappa shape index (κ3) is 5.01. The van der Waals surface area contributed by atoms with Gasteiger partial charge in [0.15, 0.2) is 0 Å². The summed E-state index contributed by atoms with van der Waals surface area (Å²) in [7, 11) is 0. The summed E-state index contributed by atoms with van der Waals surface area (Å²) in [6, 6.07) is 3.54. The van der Waals surface area contributed by atoms with Gasteiger partial charge in [0.1, 0.15) is 5.60 Å². The molecule has 2 rings (SSSR count). The number of hydrogen-bond donors (Lipinski definition) is 1. The Balaban J connectivity index is 2.65. The van der Waals surface area contributed by atoms with Gasteiger partial charge in [0.05, 0.1) is 16.4 Å². The molecular formula is C20H28N2O6S. The van der Waals surface area contributed by atoms with Crippen LogP contribution in [0.3, 0.4) is 0 Å². The highest BCUT2D eigenvalue weighted by atomic mass is 32.2. The van der Waals surface area contributed by atoms with Gasteiger partial charge in [-0.3, -0.25) is 19.8 Å². The van der Waals surface area contributed by atoms with E-state index in [-0.39, 0.29) is 23.9 Å². The number of nitro groups is 1. The fourth-order valence-corrected chi connectivity index (χ4v) is 4.40. The molecule has 9 heteroatoms. The van der Waals surface area contributed by atoms with E-state index >= 15 is 0 Å². The van der Waals surface area contributed by atoms with Crippen LogP contribution >= 0.6 is 11.8 Å². The van der Waals surface area contributed by atoms with Crippen LogP contribution < -0.4 is 0 Å². The second kappa shape index (κ2) is 8.22. The maximum Gasteiger partial charge on any atom is 0.410 e. The number of non-ortho nitro benzene ring substituents is 1. The number of nitro benzene ring substituents is 1. The lowest BCUT2D eigenvalue weighted by molar-refractivity contribution is -0.385. The lowest BCUT2D eigenvalue weighted by Gasteiger charge is -2.35. The number of carbonyl (C=O) groups is 2. The number of carboxylic acid groups (broad SMARTS) is 1. The average molecular weight is 425 g/mol. The number of hydrogen-bond acceptors (Lipinski definition) is 6. The minimum absolute atomic E-state index is 0.142. The van der Waals surface area contributed by atoms with Gasteiger partial charge in [-0.15, -0.1) is 11.8 Å². The highest BCUT2D eigenvalue weighted by molar-refractivity contribution is 8.00. The molecule has 2 atom stereocenters. The predicted octanol–water partition coefficient (Wildman–Crippen LogP) is 4.87. The molecule has 0 spiro atoms. The second-order valence-electron chi connectivity index (χ2n) is 8.69. The van der Waals surface area contributed by atoms with Gasteiger partial charge in [-0.2, -0.15) is 0 Å². The molecule has 0 aromatic heterocycles. The van der Waals surface area contributed by atoms with Crippen LogP contribution in [-0.4, -0.2) is 44.4 Å². The molecule has 1 aromatic carbocycles. The number of likely N-dealkylation sites (tertiary alicyclic amines) is 1. The van der Waals surface area contributed by atoms with E-state index < -0.39 is 34.0 Å². The topological polar surface area (TPSA) is 110 Å². The number of benzene rings is 1. The van der Waals surface area contributed by atoms with Crippen molar-refractivity contribution in [2.75, 3.05) is 6.54 Å². The van der Waals surface area contributed by atoms with Crippen molar-refractivity contribution in [1.82, 2.24) is 4.90 Å². The quantitative estimate of drug-likeness (QED) is 0.408. The maximum absolute atomic E-state index is 12.9. The molecule has 160 valence electrons. The number of carboxylic acids is 1. The van der Waals surface area contributed by atoms with Crippen molar-refractivity contribution >= 4 is 29.5 Å². The van der Waals surface area contributed by atoms with Crippen molar-refractivity contribution in [3.05, 3.63) is 33.9 Å². The highest BCUT2D eigenvalue weighted by Crippen LogP contribution is 2.50. The van der Waals surface area contributed by atoms with Crippen molar-refractivity contribution in [2.24, 2.45) is 5.41 Å². The molecule has 1 heterocycles. The average Bonchev–Trinajstić information content (AvgIpc) is 2.92. The highest BCUT2D eigenvalue weighted by Gasteiger charge is 2.53. The molecule has 0 radical (unpaired) electrons. The van der Waals surface area contributed by atoms with Gasteiger partial charge < -0.3 is 9.84 Å². The molecule has 0 bridgehead atoms. The number of thioether (sulfide) groups is 1. The van der Waals surface area contributed by atoms with E-state index in [1.807, 2.05) is 13.8 Å². The first-order valence-electron chi connectivity index (χ1n) is 9.44. The van der Waals surface area contributed by atoms with Gasteiger partial charge in [-0.25, -0.2) is 4.79 Å². The smallest absolute Gasteiger partial charge is 0.410 e. The number of nitrogens with zero attached hydrogens (tertiary/aromatic N) is 2. The Labute approximate surface area is 174 Å². The summed E-state index contributed by atoms with van der Waals surface area (Å²) in [5.41, 5.74) is -1.72. The van der Waals surface area contributed by atoms with Gasteiger partial charge in [0, 0.05) is 28.8 Å². The van der Waals surface area contributed by atoms with E-state index in [0.717, 1.165) is 4.90 Å². The molecule has 0 saturated carbocycles. The van der Waals surface area contributed by atoms with Crippen molar-refractivity contribution < 1.29 is 24.4 Å². The Kier molecular flexibility index (Phi) is 6.51. The number of carbonyl (C=O) groups excluding carboxylic acids is 1. The number of ether oxygens (including phenoxy) is 1. The van der Waals surface area contributed by atoms with E-state index in [9.17, 15) is 24.8 Å². The van der Waals surface area contributed by atoms with Gasteiger partial charge in [0.25, 0.3) is 5.69 Å². The Hall–Kier alpha value is -2.29. The van der Waals surface area contributed by atoms with Crippen LogP contribution in [0.5, 0.6) is 0 Å². The maximum atomic E-state index is 12.9. The lowest BCUT2D eigenvalue weighted by Crippen LogP contribution is -2.41. The zero-order valence-electron chi connectivity index (χ0n) is 17.6. The summed E-state index contributed by atoms with van der Waals surface area (Å²) < 4.78 is 5.50. The largest absolute Gasteiger partial charge is 0.481 e. The van der Waals surface area contributed by atoms with E-state index in [1.54, 1.807) is 33.8 Å². The van der Waals surface area contributed by atoms with E-state index in [0.29, 0.717) is 5.56 Å². The summed E-state index contributed by atoms with van der Waals surface area (Å²) in [5, 5.41) is 21.5. The number of aliphatic carboxylic acids is 1. The van der Waals surface area contributed by atoms with E-state index in [2.05, 4.69) is 0 Å². The standard InChI is InChI=1S/C20H28N2O6S/c1-12(2)29-15-8-7-13(22(26)27)11-14(15)16-20(6,17(23)24)9-10-21(16)18(25)28-19(3,4)5/h7-8,11-12,16H,9-10H2,1-6H3,(H,23,24)/t16-,20-/m1/s1. The Morgan fingerprint density at radius 2 is 2.00 bits per heavy atom. The van der Waals surface area contributed by atoms with Crippen LogP contribution in [0.25, 0.3) is 0 Å². The molecule has 1 amide bonds. The Bertz CT molecular complexity index is 820. The second-order valence-corrected chi connectivity index (χ2v) is 10.3. The molecule has 1 fully saturated rings. The summed E-state index contributed by atoms with van der Waals surface area (Å²) in [6.07, 6.45) is -0.403. The zero-order chi connectivity index (χ0) is 22.1. The van der Waals surface area contributed by atoms with Crippen molar-refractivity contribution in [1.29, 1.82) is 0 Å². The van der Waals surface area contributed by atoms with Gasteiger partial charge >= 0.3 is 12.1 Å². The SMILES string of the molecule is CC(C)Sc1ccc([N+](=O)[O-])cc1[C@H]1N(C(=O)OC(C)(C)C)CC[C@@]1(C)C(=O)O. The van der Waals surface area contributed by atoms with E-state index in [4.69, 9.17) is 4.74 Å². The molecule has 8 nitrogen and oxygen atoms in total. The van der Waals surface area contributed by atoms with Gasteiger partial charge in [-0.05, 0) is 45.7 Å². The van der Waals surface area contributed by atoms with Crippen molar-refractivity contribution in [3.63, 3.8) is 0 Å². The van der Waals surface area contributed by atoms with E-state index in [1.165, 1.54) is 28.8 Å². The van der Waals surface area contributed by atoms with Crippen LogP contribution in [0.15, 0.2) is 23.1 Å². The molecule has 0 unspecified atom stereocenters. The summed E-state index contributed by atoms with van der Waals surface area (Å²) in [6.45, 7) is 10.9. The first-order valence-corrected chi connectivity index (χ1v) is 10.3. The van der Waals surface area contributed by atoms with Gasteiger partial charge in [-0.1, -0.05) is 13.8 Å². The van der Waals surface area contributed by atoms with Crippen LogP contribution in [0.2, 0.25) is 0 Å². The minimum Gasteiger partial charge on any atom is -0.481 e.